The van der Waals surface area contributed by atoms with Crippen LogP contribution in [0.2, 0.25) is 10.0 Å². The zero-order valence-electron chi connectivity index (χ0n) is 15.8. The Balaban J connectivity index is 1.74. The van der Waals surface area contributed by atoms with E-state index >= 15 is 0 Å². The fraction of sp³-hybridized carbons (Fsp3) is 0.143. The predicted molar refractivity (Wildman–Crippen MR) is 126 cm³/mol. The van der Waals surface area contributed by atoms with Crippen LogP contribution in [0.5, 0.6) is 0 Å². The van der Waals surface area contributed by atoms with Gasteiger partial charge in [0, 0.05) is 16.3 Å². The molecule has 150 valence electrons. The normalized spacial score (nSPS) is 10.6. The van der Waals surface area contributed by atoms with Crippen LogP contribution < -0.4 is 11.1 Å². The molecule has 0 saturated carbocycles. The quantitative estimate of drug-likeness (QED) is 0.222. The third-order valence-electron chi connectivity index (χ3n) is 3.90. The first-order valence-corrected chi connectivity index (χ1v) is 11.3. The molecule has 0 fully saturated rings. The molecule has 0 aliphatic carbocycles. The molecule has 0 aliphatic heterocycles. The molecule has 0 spiro atoms. The molecular formula is C21H19Cl2N3OS2. The zero-order valence-corrected chi connectivity index (χ0v) is 19.0. The SMILES string of the molecule is CC(C)=CCSc1ccc(Nc2nc(N)c(C(=O)c3c(Cl)cccc3Cl)s2)cc1. The summed E-state index contributed by atoms with van der Waals surface area (Å²) in [4.78, 5) is 18.6. The number of benzene rings is 2. The van der Waals surface area contributed by atoms with Crippen LogP contribution in [0.15, 0.2) is 59.0 Å². The van der Waals surface area contributed by atoms with Gasteiger partial charge in [0.25, 0.3) is 0 Å². The standard InChI is InChI=1S/C21H19Cl2N3OS2/c1-12(2)10-11-28-14-8-6-13(7-9-14)25-21-26-20(24)19(29-21)18(27)17-15(22)4-3-5-16(17)23/h3-10H,11,24H2,1-2H3,(H,25,26). The molecule has 0 radical (unpaired) electrons. The summed E-state index contributed by atoms with van der Waals surface area (Å²) in [7, 11) is 0. The number of aromatic nitrogens is 1. The number of nitrogens with two attached hydrogens (primary N) is 1. The van der Waals surface area contributed by atoms with Crippen molar-refractivity contribution in [1.82, 2.24) is 4.98 Å². The second-order valence-electron chi connectivity index (χ2n) is 6.40. The Bertz CT molecular complexity index is 1040. The Morgan fingerprint density at radius 3 is 2.45 bits per heavy atom. The third-order valence-corrected chi connectivity index (χ3v) is 6.45. The summed E-state index contributed by atoms with van der Waals surface area (Å²) in [5, 5.41) is 4.28. The molecular weight excluding hydrogens is 445 g/mol. The number of nitrogen functional groups attached to an aromatic ring is 1. The summed E-state index contributed by atoms with van der Waals surface area (Å²) in [5.41, 5.74) is 8.38. The minimum Gasteiger partial charge on any atom is -0.382 e. The van der Waals surface area contributed by atoms with E-state index in [9.17, 15) is 4.79 Å². The van der Waals surface area contributed by atoms with E-state index in [-0.39, 0.29) is 27.2 Å². The predicted octanol–water partition coefficient (Wildman–Crippen LogP) is 7.07. The monoisotopic (exact) mass is 463 g/mol. The Morgan fingerprint density at radius 2 is 1.83 bits per heavy atom. The van der Waals surface area contributed by atoms with E-state index in [0.29, 0.717) is 10.0 Å². The van der Waals surface area contributed by atoms with Gasteiger partial charge in [-0.05, 0) is 50.2 Å². The number of thiazole rings is 1. The molecule has 0 amide bonds. The molecule has 8 heteroatoms. The van der Waals surface area contributed by atoms with E-state index in [1.165, 1.54) is 21.8 Å². The van der Waals surface area contributed by atoms with Crippen LogP contribution in [-0.2, 0) is 0 Å². The third kappa shape index (κ3) is 5.54. The largest absolute Gasteiger partial charge is 0.382 e. The Kier molecular flexibility index (Phi) is 7.24. The highest BCUT2D eigenvalue weighted by atomic mass is 35.5. The molecule has 29 heavy (non-hydrogen) atoms. The van der Waals surface area contributed by atoms with Crippen molar-refractivity contribution in [3.63, 3.8) is 0 Å². The maximum Gasteiger partial charge on any atom is 0.209 e. The topological polar surface area (TPSA) is 68.0 Å². The number of hydrogen-bond donors (Lipinski definition) is 2. The summed E-state index contributed by atoms with van der Waals surface area (Å²) >= 11 is 15.2. The first-order chi connectivity index (χ1) is 13.8. The van der Waals surface area contributed by atoms with Crippen molar-refractivity contribution in [3.05, 3.63) is 74.6 Å². The fourth-order valence-electron chi connectivity index (χ4n) is 2.44. The van der Waals surface area contributed by atoms with E-state index in [0.717, 1.165) is 11.4 Å². The summed E-state index contributed by atoms with van der Waals surface area (Å²) in [6.07, 6.45) is 2.19. The molecule has 0 bridgehead atoms. The second kappa shape index (κ2) is 9.67. The first kappa shape index (κ1) is 21.7. The van der Waals surface area contributed by atoms with Gasteiger partial charge in [0.15, 0.2) is 5.13 Å². The number of thioether (sulfide) groups is 1. The highest BCUT2D eigenvalue weighted by Gasteiger charge is 2.22. The van der Waals surface area contributed by atoms with E-state index < -0.39 is 0 Å². The number of anilines is 3. The minimum atomic E-state index is -0.338. The number of rotatable bonds is 7. The molecule has 1 aromatic heterocycles. The Labute approximate surface area is 188 Å². The van der Waals surface area contributed by atoms with Crippen LogP contribution in [0.1, 0.15) is 29.1 Å². The highest BCUT2D eigenvalue weighted by molar-refractivity contribution is 7.99. The number of halogens is 2. The average Bonchev–Trinajstić information content (AvgIpc) is 3.03. The van der Waals surface area contributed by atoms with Crippen molar-refractivity contribution in [2.24, 2.45) is 0 Å². The Morgan fingerprint density at radius 1 is 1.17 bits per heavy atom. The molecule has 4 nitrogen and oxygen atoms in total. The lowest BCUT2D eigenvalue weighted by Crippen LogP contribution is -2.04. The molecule has 1 heterocycles. The van der Waals surface area contributed by atoms with Gasteiger partial charge in [-0.15, -0.1) is 11.8 Å². The number of carbonyl (C=O) groups excluding carboxylic acids is 1. The van der Waals surface area contributed by atoms with Crippen LogP contribution in [0.4, 0.5) is 16.6 Å². The zero-order chi connectivity index (χ0) is 21.0. The molecule has 0 unspecified atom stereocenters. The highest BCUT2D eigenvalue weighted by Crippen LogP contribution is 2.34. The van der Waals surface area contributed by atoms with Crippen LogP contribution in [0.3, 0.4) is 0 Å². The van der Waals surface area contributed by atoms with Gasteiger partial charge in [0.05, 0.1) is 15.6 Å². The van der Waals surface area contributed by atoms with Crippen molar-refractivity contribution >= 4 is 68.7 Å². The van der Waals surface area contributed by atoms with Gasteiger partial charge < -0.3 is 11.1 Å². The first-order valence-electron chi connectivity index (χ1n) is 8.73. The lowest BCUT2D eigenvalue weighted by atomic mass is 10.1. The molecule has 0 saturated heterocycles. The summed E-state index contributed by atoms with van der Waals surface area (Å²) < 4.78 is 0. The maximum atomic E-state index is 12.9. The van der Waals surface area contributed by atoms with Gasteiger partial charge >= 0.3 is 0 Å². The lowest BCUT2D eigenvalue weighted by molar-refractivity contribution is 0.104. The van der Waals surface area contributed by atoms with Crippen molar-refractivity contribution in [1.29, 1.82) is 0 Å². The number of ketones is 1. The molecule has 2 aromatic carbocycles. The molecule has 0 aliphatic rings. The van der Waals surface area contributed by atoms with Crippen molar-refractivity contribution in [2.45, 2.75) is 18.7 Å². The van der Waals surface area contributed by atoms with E-state index in [1.807, 2.05) is 24.3 Å². The summed E-state index contributed by atoms with van der Waals surface area (Å²) in [5.74, 6) is 0.746. The molecule has 0 atom stereocenters. The van der Waals surface area contributed by atoms with Crippen molar-refractivity contribution in [2.75, 3.05) is 16.8 Å². The maximum absolute atomic E-state index is 12.9. The van der Waals surface area contributed by atoms with Crippen LogP contribution in [-0.4, -0.2) is 16.5 Å². The second-order valence-corrected chi connectivity index (χ2v) is 9.31. The molecule has 3 N–H and O–H groups in total. The number of nitrogens with zero attached hydrogens (tertiary/aromatic N) is 1. The van der Waals surface area contributed by atoms with E-state index in [1.54, 1.807) is 30.0 Å². The number of hydrogen-bond acceptors (Lipinski definition) is 6. The van der Waals surface area contributed by atoms with Gasteiger partial charge in [-0.2, -0.15) is 0 Å². The van der Waals surface area contributed by atoms with Gasteiger partial charge in [0.2, 0.25) is 5.78 Å². The van der Waals surface area contributed by atoms with E-state index in [2.05, 4.69) is 30.2 Å². The van der Waals surface area contributed by atoms with Gasteiger partial charge in [-0.1, -0.05) is 52.3 Å². The number of nitrogens with one attached hydrogen (secondary N) is 1. The van der Waals surface area contributed by atoms with Crippen LogP contribution in [0, 0.1) is 0 Å². The van der Waals surface area contributed by atoms with Crippen LogP contribution >= 0.6 is 46.3 Å². The van der Waals surface area contributed by atoms with Gasteiger partial charge in [-0.25, -0.2) is 4.98 Å². The van der Waals surface area contributed by atoms with Gasteiger partial charge in [0.1, 0.15) is 10.7 Å². The summed E-state index contributed by atoms with van der Waals surface area (Å²) in [6, 6.07) is 12.9. The number of carbonyl (C=O) groups is 1. The minimum absolute atomic E-state index is 0.146. The van der Waals surface area contributed by atoms with E-state index in [4.69, 9.17) is 28.9 Å². The fourth-order valence-corrected chi connectivity index (χ4v) is 4.80. The lowest BCUT2D eigenvalue weighted by Gasteiger charge is -2.05. The van der Waals surface area contributed by atoms with Gasteiger partial charge in [-0.3, -0.25) is 4.79 Å². The Hall–Kier alpha value is -1.99. The number of allylic oxidation sites excluding steroid dienone is 1. The molecule has 3 rings (SSSR count). The van der Waals surface area contributed by atoms with Crippen LogP contribution in [0.25, 0.3) is 0 Å². The molecule has 3 aromatic rings. The summed E-state index contributed by atoms with van der Waals surface area (Å²) in [6.45, 7) is 4.18. The smallest absolute Gasteiger partial charge is 0.209 e. The van der Waals surface area contributed by atoms with Crippen molar-refractivity contribution < 1.29 is 4.79 Å². The average molecular weight is 464 g/mol. The van der Waals surface area contributed by atoms with Crippen molar-refractivity contribution in [3.8, 4) is 0 Å².